The molecule has 6 rings (SSSR count). The number of thiazole rings is 1. The van der Waals surface area contributed by atoms with Gasteiger partial charge in [-0.25, -0.2) is 4.98 Å². The maximum Gasteiger partial charge on any atom is 0.226 e. The van der Waals surface area contributed by atoms with E-state index in [9.17, 15) is 4.79 Å². The minimum absolute atomic E-state index is 0.00837. The summed E-state index contributed by atoms with van der Waals surface area (Å²) in [5.74, 6) is -0.107. The van der Waals surface area contributed by atoms with Crippen molar-refractivity contribution >= 4 is 56.2 Å². The van der Waals surface area contributed by atoms with E-state index in [2.05, 4.69) is 49.5 Å². The highest BCUT2D eigenvalue weighted by molar-refractivity contribution is 7.80. The number of anilines is 2. The third-order valence-electron chi connectivity index (χ3n) is 6.94. The zero-order valence-electron chi connectivity index (χ0n) is 21.8. The molecule has 0 spiro atoms. The van der Waals surface area contributed by atoms with E-state index in [1.54, 1.807) is 11.3 Å². The zero-order chi connectivity index (χ0) is 27.1. The molecule has 7 nitrogen and oxygen atoms in total. The van der Waals surface area contributed by atoms with E-state index in [0.717, 1.165) is 43.7 Å². The van der Waals surface area contributed by atoms with E-state index in [1.165, 1.54) is 0 Å². The Morgan fingerprint density at radius 1 is 1.08 bits per heavy atom. The van der Waals surface area contributed by atoms with Gasteiger partial charge in [-0.05, 0) is 79.3 Å². The quantitative estimate of drug-likeness (QED) is 0.232. The lowest BCUT2D eigenvalue weighted by molar-refractivity contribution is -0.118. The van der Waals surface area contributed by atoms with Crippen molar-refractivity contribution in [2.75, 3.05) is 10.2 Å². The molecule has 39 heavy (non-hydrogen) atoms. The van der Waals surface area contributed by atoms with Crippen LogP contribution in [0.15, 0.2) is 85.2 Å². The van der Waals surface area contributed by atoms with Gasteiger partial charge in [0, 0.05) is 29.7 Å². The van der Waals surface area contributed by atoms with Crippen LogP contribution in [0, 0.1) is 12.8 Å². The molecule has 1 aliphatic heterocycles. The number of benzene rings is 2. The van der Waals surface area contributed by atoms with E-state index >= 15 is 0 Å². The Hall–Kier alpha value is -4.08. The number of aryl methyl sites for hydroxylation is 1. The topological polar surface area (TPSA) is 75.1 Å². The Morgan fingerprint density at radius 3 is 2.64 bits per heavy atom. The van der Waals surface area contributed by atoms with Crippen LogP contribution in [-0.4, -0.2) is 25.6 Å². The third kappa shape index (κ3) is 4.68. The number of para-hydroxylation sites is 1. The second kappa shape index (κ2) is 10.2. The second-order valence-corrected chi connectivity index (χ2v) is 11.3. The Morgan fingerprint density at radius 2 is 1.90 bits per heavy atom. The van der Waals surface area contributed by atoms with Gasteiger partial charge < -0.3 is 15.5 Å². The van der Waals surface area contributed by atoms with Crippen LogP contribution >= 0.6 is 23.6 Å². The van der Waals surface area contributed by atoms with Crippen molar-refractivity contribution in [2.45, 2.75) is 32.9 Å². The summed E-state index contributed by atoms with van der Waals surface area (Å²) in [5.41, 5.74) is 5.63. The van der Waals surface area contributed by atoms with Gasteiger partial charge in [0.25, 0.3) is 0 Å². The molecule has 0 aliphatic carbocycles. The minimum Gasteiger partial charge on any atom is -0.351 e. The first-order valence-corrected chi connectivity index (χ1v) is 14.1. The highest BCUT2D eigenvalue weighted by atomic mass is 32.1. The number of fused-ring (bicyclic) bond motifs is 1. The van der Waals surface area contributed by atoms with Crippen LogP contribution in [0.4, 0.5) is 11.4 Å². The standard InChI is InChI=1S/C30H28N6OS2/c1-18(2)28(37)32-21-14-13-20(17-19(21)3)36-27(26(34-29(36)38)23-10-6-7-15-31-23)24-11-8-16-35(24)30-33-22-9-4-5-12-25(22)39-30/h4-18,26-27H,1-3H3,(H,32,37)(H,34,38)/t26-,27+/m1/s1. The van der Waals surface area contributed by atoms with Gasteiger partial charge in [0.15, 0.2) is 10.2 Å². The Labute approximate surface area is 236 Å². The maximum atomic E-state index is 12.3. The van der Waals surface area contributed by atoms with Crippen LogP contribution in [0.1, 0.15) is 42.9 Å². The van der Waals surface area contributed by atoms with E-state index in [0.29, 0.717) is 5.11 Å². The van der Waals surface area contributed by atoms with Crippen LogP contribution in [0.5, 0.6) is 0 Å². The fourth-order valence-electron chi connectivity index (χ4n) is 4.92. The second-order valence-electron chi connectivity index (χ2n) is 9.91. The first kappa shape index (κ1) is 25.2. The van der Waals surface area contributed by atoms with Crippen molar-refractivity contribution in [1.82, 2.24) is 19.9 Å². The highest BCUT2D eigenvalue weighted by Gasteiger charge is 2.42. The summed E-state index contributed by atoms with van der Waals surface area (Å²) in [6, 6.07) is 24.0. The largest absolute Gasteiger partial charge is 0.351 e. The maximum absolute atomic E-state index is 12.3. The first-order valence-electron chi connectivity index (χ1n) is 12.9. The number of carbonyl (C=O) groups is 1. The summed E-state index contributed by atoms with van der Waals surface area (Å²) < 4.78 is 3.29. The van der Waals surface area contributed by atoms with Crippen molar-refractivity contribution < 1.29 is 4.79 Å². The Balaban J connectivity index is 1.45. The average Bonchev–Trinajstić information content (AvgIpc) is 3.66. The molecule has 1 aliphatic rings. The van der Waals surface area contributed by atoms with Crippen molar-refractivity contribution in [3.8, 4) is 5.13 Å². The number of hydrogen-bond acceptors (Lipinski definition) is 5. The predicted octanol–water partition coefficient (Wildman–Crippen LogP) is 6.56. The molecule has 9 heteroatoms. The molecule has 4 heterocycles. The molecule has 1 saturated heterocycles. The lowest BCUT2D eigenvalue weighted by Gasteiger charge is -2.29. The first-order chi connectivity index (χ1) is 18.9. The van der Waals surface area contributed by atoms with Crippen molar-refractivity contribution in [3.05, 3.63) is 102 Å². The average molecular weight is 553 g/mol. The van der Waals surface area contributed by atoms with E-state index in [1.807, 2.05) is 81.6 Å². The molecule has 0 saturated carbocycles. The molecule has 2 N–H and O–H groups in total. The molecule has 0 unspecified atom stereocenters. The van der Waals surface area contributed by atoms with Crippen molar-refractivity contribution in [3.63, 3.8) is 0 Å². The summed E-state index contributed by atoms with van der Waals surface area (Å²) in [5, 5.41) is 8.08. The van der Waals surface area contributed by atoms with E-state index < -0.39 is 0 Å². The van der Waals surface area contributed by atoms with Crippen LogP contribution < -0.4 is 15.5 Å². The van der Waals surface area contributed by atoms with Gasteiger partial charge in [0.05, 0.1) is 27.6 Å². The number of nitrogens with zero attached hydrogens (tertiary/aromatic N) is 4. The fraction of sp³-hybridized carbons (Fsp3) is 0.200. The summed E-state index contributed by atoms with van der Waals surface area (Å²) >= 11 is 7.60. The molecule has 1 fully saturated rings. The molecule has 2 atom stereocenters. The van der Waals surface area contributed by atoms with Crippen molar-refractivity contribution in [2.24, 2.45) is 5.92 Å². The monoisotopic (exact) mass is 552 g/mol. The van der Waals surface area contributed by atoms with Gasteiger partial charge >= 0.3 is 0 Å². The molecule has 2 aromatic carbocycles. The van der Waals surface area contributed by atoms with Crippen molar-refractivity contribution in [1.29, 1.82) is 0 Å². The molecule has 196 valence electrons. The number of nitrogens with one attached hydrogen (secondary N) is 2. The predicted molar refractivity (Wildman–Crippen MR) is 162 cm³/mol. The summed E-state index contributed by atoms with van der Waals surface area (Å²) in [6.45, 7) is 5.77. The van der Waals surface area contributed by atoms with Gasteiger partial charge in [-0.1, -0.05) is 43.4 Å². The van der Waals surface area contributed by atoms with Gasteiger partial charge in [0.2, 0.25) is 5.91 Å². The third-order valence-corrected chi connectivity index (χ3v) is 8.29. The van der Waals surface area contributed by atoms with E-state index in [-0.39, 0.29) is 23.9 Å². The van der Waals surface area contributed by atoms with Gasteiger partial charge in [-0.2, -0.15) is 0 Å². The SMILES string of the molecule is Cc1cc(N2C(=S)N[C@H](c3ccccn3)[C@@H]2c2cccn2-c2nc3ccccc3s2)ccc1NC(=O)C(C)C. The minimum atomic E-state index is -0.190. The number of hydrogen-bond donors (Lipinski definition) is 2. The highest BCUT2D eigenvalue weighted by Crippen LogP contribution is 2.43. The number of pyridine rings is 1. The molecule has 5 aromatic rings. The summed E-state index contributed by atoms with van der Waals surface area (Å²) in [7, 11) is 0. The smallest absolute Gasteiger partial charge is 0.226 e. The van der Waals surface area contributed by atoms with Crippen LogP contribution in [0.25, 0.3) is 15.3 Å². The lowest BCUT2D eigenvalue weighted by atomic mass is 10.0. The number of aromatic nitrogens is 3. The lowest BCUT2D eigenvalue weighted by Crippen LogP contribution is -2.30. The number of carbonyl (C=O) groups excluding carboxylic acids is 1. The zero-order valence-corrected chi connectivity index (χ0v) is 23.5. The fourth-order valence-corrected chi connectivity index (χ4v) is 6.24. The van der Waals surface area contributed by atoms with Crippen LogP contribution in [0.2, 0.25) is 0 Å². The number of rotatable bonds is 6. The summed E-state index contributed by atoms with van der Waals surface area (Å²) in [4.78, 5) is 24.1. The van der Waals surface area contributed by atoms with Crippen LogP contribution in [-0.2, 0) is 4.79 Å². The number of thiocarbonyl (C=S) groups is 1. The molecule has 0 bridgehead atoms. The number of amides is 1. The van der Waals surface area contributed by atoms with E-state index in [4.69, 9.17) is 17.2 Å². The molecular weight excluding hydrogens is 525 g/mol. The van der Waals surface area contributed by atoms with Gasteiger partial charge in [-0.3, -0.25) is 14.3 Å². The molecule has 0 radical (unpaired) electrons. The molecular formula is C30H28N6OS2. The van der Waals surface area contributed by atoms with Gasteiger partial charge in [0.1, 0.15) is 6.04 Å². The summed E-state index contributed by atoms with van der Waals surface area (Å²) in [6.07, 6.45) is 3.86. The van der Waals surface area contributed by atoms with Gasteiger partial charge in [-0.15, -0.1) is 0 Å². The molecule has 1 amide bonds. The molecule has 3 aromatic heterocycles. The Bertz CT molecular complexity index is 1640. The van der Waals surface area contributed by atoms with Crippen LogP contribution in [0.3, 0.4) is 0 Å². The Kier molecular flexibility index (Phi) is 6.62. The normalized spacial score (nSPS) is 17.1.